The first-order valence-corrected chi connectivity index (χ1v) is 5.22. The third kappa shape index (κ3) is 1.48. The number of hydrogen-bond acceptors (Lipinski definition) is 4. The normalized spacial score (nSPS) is 21.3. The van der Waals surface area contributed by atoms with Crippen molar-refractivity contribution in [1.29, 1.82) is 0 Å². The summed E-state index contributed by atoms with van der Waals surface area (Å²) in [7, 11) is 0. The second-order valence-corrected chi connectivity index (χ2v) is 3.87. The van der Waals surface area contributed by atoms with Crippen molar-refractivity contribution in [3.63, 3.8) is 0 Å². The van der Waals surface area contributed by atoms with E-state index in [-0.39, 0.29) is 6.10 Å². The average molecular weight is 225 g/mol. The number of fused-ring (bicyclic) bond motifs is 1. The number of aromatic nitrogens is 4. The first-order valence-electron chi connectivity index (χ1n) is 4.84. The van der Waals surface area contributed by atoms with Crippen molar-refractivity contribution >= 4 is 17.2 Å². The fraction of sp³-hybridized carbons (Fsp3) is 0.444. The summed E-state index contributed by atoms with van der Waals surface area (Å²) in [4.78, 5) is 0. The van der Waals surface area contributed by atoms with E-state index in [0.717, 1.165) is 25.3 Å². The van der Waals surface area contributed by atoms with Gasteiger partial charge in [-0.3, -0.25) is 0 Å². The fourth-order valence-corrected chi connectivity index (χ4v) is 1.90. The van der Waals surface area contributed by atoms with E-state index in [1.54, 1.807) is 16.6 Å². The molecule has 1 aliphatic heterocycles. The van der Waals surface area contributed by atoms with Gasteiger partial charge in [0.2, 0.25) is 0 Å². The minimum Gasteiger partial charge on any atom is -0.370 e. The van der Waals surface area contributed by atoms with Gasteiger partial charge in [0.1, 0.15) is 11.3 Å². The summed E-state index contributed by atoms with van der Waals surface area (Å²) in [5.74, 6) is 0.741. The second-order valence-electron chi connectivity index (χ2n) is 3.49. The van der Waals surface area contributed by atoms with Gasteiger partial charge in [0.05, 0.1) is 0 Å². The Morgan fingerprint density at radius 1 is 1.40 bits per heavy atom. The molecule has 2 aromatic heterocycles. The van der Waals surface area contributed by atoms with E-state index in [1.165, 1.54) is 0 Å². The third-order valence-electron chi connectivity index (χ3n) is 2.47. The molecule has 0 amide bonds. The Hall–Kier alpha value is -1.20. The molecule has 0 unspecified atom stereocenters. The molecule has 3 heterocycles. The minimum absolute atomic E-state index is 0.00552. The molecule has 2 aromatic rings. The van der Waals surface area contributed by atoms with Gasteiger partial charge in [0.25, 0.3) is 0 Å². The van der Waals surface area contributed by atoms with Crippen LogP contribution >= 0.6 is 11.6 Å². The van der Waals surface area contributed by atoms with Crippen LogP contribution in [-0.2, 0) is 4.74 Å². The standard InChI is InChI=1S/C9H9ClN4O/c10-7-3-4-8-11-12-9(14(8)13-7)6-2-1-5-15-6/h3-4,6H,1-2,5H2/t6-/m0/s1. The maximum atomic E-state index is 5.83. The van der Waals surface area contributed by atoms with Crippen LogP contribution < -0.4 is 0 Å². The van der Waals surface area contributed by atoms with Crippen LogP contribution in [0.3, 0.4) is 0 Å². The highest BCUT2D eigenvalue weighted by Gasteiger charge is 2.23. The maximum Gasteiger partial charge on any atom is 0.183 e. The third-order valence-corrected chi connectivity index (χ3v) is 2.67. The second kappa shape index (κ2) is 3.43. The van der Waals surface area contributed by atoms with E-state index in [0.29, 0.717) is 10.8 Å². The quantitative estimate of drug-likeness (QED) is 0.739. The lowest BCUT2D eigenvalue weighted by Crippen LogP contribution is -2.04. The molecule has 0 bridgehead atoms. The topological polar surface area (TPSA) is 52.3 Å². The predicted octanol–water partition coefficient (Wildman–Crippen LogP) is 1.63. The van der Waals surface area contributed by atoms with E-state index in [4.69, 9.17) is 16.3 Å². The Morgan fingerprint density at radius 3 is 3.13 bits per heavy atom. The maximum absolute atomic E-state index is 5.83. The van der Waals surface area contributed by atoms with Crippen molar-refractivity contribution in [2.45, 2.75) is 18.9 Å². The van der Waals surface area contributed by atoms with E-state index in [9.17, 15) is 0 Å². The van der Waals surface area contributed by atoms with E-state index >= 15 is 0 Å². The van der Waals surface area contributed by atoms with Crippen molar-refractivity contribution in [2.24, 2.45) is 0 Å². The zero-order chi connectivity index (χ0) is 10.3. The van der Waals surface area contributed by atoms with Gasteiger partial charge >= 0.3 is 0 Å². The SMILES string of the molecule is Clc1ccc2nnc([C@@H]3CCCO3)n2n1. The molecule has 1 saturated heterocycles. The molecule has 5 nitrogen and oxygen atoms in total. The van der Waals surface area contributed by atoms with Gasteiger partial charge in [-0.2, -0.15) is 9.61 Å². The monoisotopic (exact) mass is 224 g/mol. The highest BCUT2D eigenvalue weighted by atomic mass is 35.5. The molecule has 15 heavy (non-hydrogen) atoms. The Morgan fingerprint density at radius 2 is 2.33 bits per heavy atom. The van der Waals surface area contributed by atoms with Crippen molar-refractivity contribution < 1.29 is 4.74 Å². The first kappa shape index (κ1) is 9.06. The summed E-state index contributed by atoms with van der Waals surface area (Å²) in [5, 5.41) is 12.7. The van der Waals surface area contributed by atoms with Crippen LogP contribution in [-0.4, -0.2) is 26.4 Å². The number of nitrogens with zero attached hydrogens (tertiary/aromatic N) is 4. The molecule has 1 fully saturated rings. The molecular formula is C9H9ClN4O. The molecule has 0 radical (unpaired) electrons. The van der Waals surface area contributed by atoms with Crippen LogP contribution in [0.1, 0.15) is 24.8 Å². The van der Waals surface area contributed by atoms with Crippen molar-refractivity contribution in [1.82, 2.24) is 19.8 Å². The summed E-state index contributed by atoms with van der Waals surface area (Å²) in [6.45, 7) is 0.778. The lowest BCUT2D eigenvalue weighted by atomic mass is 10.2. The lowest BCUT2D eigenvalue weighted by molar-refractivity contribution is 0.103. The molecule has 3 rings (SSSR count). The highest BCUT2D eigenvalue weighted by molar-refractivity contribution is 6.29. The van der Waals surface area contributed by atoms with E-state index in [1.807, 2.05) is 0 Å². The first-order chi connectivity index (χ1) is 7.34. The average Bonchev–Trinajstić information content (AvgIpc) is 2.83. The van der Waals surface area contributed by atoms with Crippen LogP contribution in [0.2, 0.25) is 5.15 Å². The van der Waals surface area contributed by atoms with Gasteiger partial charge in [-0.15, -0.1) is 10.2 Å². The van der Waals surface area contributed by atoms with Gasteiger partial charge in [-0.25, -0.2) is 0 Å². The summed E-state index contributed by atoms with van der Waals surface area (Å²) >= 11 is 5.83. The number of hydrogen-bond donors (Lipinski definition) is 0. The van der Waals surface area contributed by atoms with Gasteiger partial charge < -0.3 is 4.74 Å². The molecule has 0 spiro atoms. The van der Waals surface area contributed by atoms with E-state index in [2.05, 4.69) is 15.3 Å². The lowest BCUT2D eigenvalue weighted by Gasteiger charge is -2.05. The van der Waals surface area contributed by atoms with Gasteiger partial charge in [0.15, 0.2) is 11.5 Å². The van der Waals surface area contributed by atoms with Crippen LogP contribution in [0, 0.1) is 0 Å². The zero-order valence-electron chi connectivity index (χ0n) is 7.93. The van der Waals surface area contributed by atoms with Crippen LogP contribution in [0.4, 0.5) is 0 Å². The van der Waals surface area contributed by atoms with Crippen molar-refractivity contribution in [2.75, 3.05) is 6.61 Å². The predicted molar refractivity (Wildman–Crippen MR) is 53.7 cm³/mol. The van der Waals surface area contributed by atoms with Gasteiger partial charge in [-0.05, 0) is 25.0 Å². The Bertz CT molecular complexity index is 492. The summed E-state index contributed by atoms with van der Waals surface area (Å²) in [6, 6.07) is 3.49. The summed E-state index contributed by atoms with van der Waals surface area (Å²) in [5.41, 5.74) is 0.699. The number of rotatable bonds is 1. The fourth-order valence-electron chi connectivity index (χ4n) is 1.77. The molecular weight excluding hydrogens is 216 g/mol. The van der Waals surface area contributed by atoms with Crippen molar-refractivity contribution in [3.05, 3.63) is 23.1 Å². The largest absolute Gasteiger partial charge is 0.370 e. The van der Waals surface area contributed by atoms with Crippen LogP contribution in [0.25, 0.3) is 5.65 Å². The molecule has 0 N–H and O–H groups in total. The molecule has 0 saturated carbocycles. The van der Waals surface area contributed by atoms with Crippen LogP contribution in [0.5, 0.6) is 0 Å². The van der Waals surface area contributed by atoms with E-state index < -0.39 is 0 Å². The highest BCUT2D eigenvalue weighted by Crippen LogP contribution is 2.27. The number of halogens is 1. The Kier molecular flexibility index (Phi) is 2.07. The van der Waals surface area contributed by atoms with Crippen molar-refractivity contribution in [3.8, 4) is 0 Å². The summed E-state index contributed by atoms with van der Waals surface area (Å²) < 4.78 is 7.19. The van der Waals surface area contributed by atoms with Gasteiger partial charge in [0, 0.05) is 6.61 Å². The van der Waals surface area contributed by atoms with Gasteiger partial charge in [-0.1, -0.05) is 11.6 Å². The number of ether oxygens (including phenoxy) is 1. The molecule has 1 atom stereocenters. The molecule has 1 aliphatic rings. The van der Waals surface area contributed by atoms with Crippen LogP contribution in [0.15, 0.2) is 12.1 Å². The molecule has 0 aromatic carbocycles. The smallest absolute Gasteiger partial charge is 0.183 e. The molecule has 0 aliphatic carbocycles. The molecule has 6 heteroatoms. The Labute approximate surface area is 91.0 Å². The summed E-state index contributed by atoms with van der Waals surface area (Å²) in [6.07, 6.45) is 2.03. The molecule has 78 valence electrons. The Balaban J connectivity index is 2.13. The minimum atomic E-state index is 0.00552. The zero-order valence-corrected chi connectivity index (χ0v) is 8.68.